The van der Waals surface area contributed by atoms with E-state index in [0.717, 1.165) is 0 Å². The lowest BCUT2D eigenvalue weighted by Crippen LogP contribution is -2.46. The number of nitrogens with zero attached hydrogens (tertiary/aromatic N) is 5. The van der Waals surface area contributed by atoms with Crippen molar-refractivity contribution in [1.82, 2.24) is 24.9 Å². The van der Waals surface area contributed by atoms with Gasteiger partial charge in [0.2, 0.25) is 5.88 Å². The van der Waals surface area contributed by atoms with E-state index in [2.05, 4.69) is 25.7 Å². The fourth-order valence-electron chi connectivity index (χ4n) is 3.59. The minimum absolute atomic E-state index is 0.114. The molecule has 1 saturated carbocycles. The zero-order chi connectivity index (χ0) is 25.3. The van der Waals surface area contributed by atoms with Gasteiger partial charge in [-0.25, -0.2) is 14.8 Å². The third-order valence-electron chi connectivity index (χ3n) is 5.38. The molecule has 1 fully saturated rings. The highest BCUT2D eigenvalue weighted by Crippen LogP contribution is 2.28. The van der Waals surface area contributed by atoms with Gasteiger partial charge in [-0.1, -0.05) is 0 Å². The number of aromatic nitrogens is 4. The molecule has 12 nitrogen and oxygen atoms in total. The lowest BCUT2D eigenvalue weighted by molar-refractivity contribution is 0.0560. The smallest absolute Gasteiger partial charge is 0.415 e. The molecule has 35 heavy (non-hydrogen) atoms. The third-order valence-corrected chi connectivity index (χ3v) is 5.38. The Bertz CT molecular complexity index is 1250. The molecule has 0 aliphatic heterocycles. The van der Waals surface area contributed by atoms with Gasteiger partial charge in [0, 0.05) is 25.4 Å². The molecule has 0 radical (unpaired) electrons. The van der Waals surface area contributed by atoms with Crippen molar-refractivity contribution in [3.8, 4) is 5.88 Å². The Kier molecular flexibility index (Phi) is 6.48. The molecule has 3 aromatic heterocycles. The quantitative estimate of drug-likeness (QED) is 0.482. The molecule has 0 atom stereocenters. The number of fused-ring (bicyclic) bond motifs is 1. The summed E-state index contributed by atoms with van der Waals surface area (Å²) < 4.78 is 12.2. The van der Waals surface area contributed by atoms with Gasteiger partial charge in [0.1, 0.15) is 28.5 Å². The van der Waals surface area contributed by atoms with Crippen molar-refractivity contribution in [1.29, 1.82) is 0 Å². The molecule has 186 valence electrons. The van der Waals surface area contributed by atoms with Gasteiger partial charge >= 0.3 is 6.09 Å². The summed E-state index contributed by atoms with van der Waals surface area (Å²) in [5.74, 6) is 0.646. The first-order valence-corrected chi connectivity index (χ1v) is 11.2. The number of rotatable bonds is 6. The van der Waals surface area contributed by atoms with E-state index in [1.807, 2.05) is 0 Å². The number of amides is 2. The maximum absolute atomic E-state index is 13.0. The van der Waals surface area contributed by atoms with Crippen LogP contribution in [0.15, 0.2) is 30.6 Å². The lowest BCUT2D eigenvalue weighted by Gasteiger charge is -2.31. The van der Waals surface area contributed by atoms with Crippen LogP contribution in [0.25, 0.3) is 5.65 Å². The Hall–Kier alpha value is -3.93. The van der Waals surface area contributed by atoms with Gasteiger partial charge in [0.05, 0.1) is 19.4 Å². The molecule has 1 aliphatic carbocycles. The van der Waals surface area contributed by atoms with Crippen LogP contribution < -0.4 is 20.3 Å². The van der Waals surface area contributed by atoms with Crippen molar-refractivity contribution >= 4 is 35.0 Å². The van der Waals surface area contributed by atoms with E-state index in [1.54, 1.807) is 52.2 Å². The number of aliphatic hydroxyl groups excluding tert-OH is 1. The number of hydrogen-bond donors (Lipinski definition) is 3. The summed E-state index contributed by atoms with van der Waals surface area (Å²) in [5, 5.41) is 19.9. The number of methoxy groups -OCH3 is 1. The van der Waals surface area contributed by atoms with E-state index in [4.69, 9.17) is 9.47 Å². The van der Waals surface area contributed by atoms with E-state index < -0.39 is 17.8 Å². The molecule has 12 heteroatoms. The molecule has 3 N–H and O–H groups in total. The molecule has 3 heterocycles. The summed E-state index contributed by atoms with van der Waals surface area (Å²) in [6, 6.07) is 5.00. The van der Waals surface area contributed by atoms with E-state index in [1.165, 1.54) is 22.7 Å². The highest BCUT2D eigenvalue weighted by molar-refractivity contribution is 6.00. The molecule has 0 spiro atoms. The molecule has 4 rings (SSSR count). The fraction of sp³-hybridized carbons (Fsp3) is 0.435. The van der Waals surface area contributed by atoms with E-state index in [0.29, 0.717) is 36.0 Å². The van der Waals surface area contributed by atoms with Crippen LogP contribution >= 0.6 is 0 Å². The summed E-state index contributed by atoms with van der Waals surface area (Å²) in [6.07, 6.45) is 2.99. The third kappa shape index (κ3) is 5.27. The molecular weight excluding hydrogens is 454 g/mol. The number of nitrogens with one attached hydrogen (secondary N) is 2. The topological polar surface area (TPSA) is 143 Å². The lowest BCUT2D eigenvalue weighted by atomic mass is 9.89. The summed E-state index contributed by atoms with van der Waals surface area (Å²) in [5.41, 5.74) is 0.309. The number of carbonyl (C=O) groups excluding carboxylic acids is 2. The van der Waals surface area contributed by atoms with Crippen LogP contribution in [0, 0.1) is 0 Å². The van der Waals surface area contributed by atoms with Crippen LogP contribution in [0.5, 0.6) is 5.88 Å². The van der Waals surface area contributed by atoms with Crippen LogP contribution in [-0.2, 0) is 4.74 Å². The van der Waals surface area contributed by atoms with Gasteiger partial charge in [-0.05, 0) is 45.7 Å². The molecule has 3 aromatic rings. The highest BCUT2D eigenvalue weighted by atomic mass is 16.6. The Morgan fingerprint density at radius 1 is 1.29 bits per heavy atom. The van der Waals surface area contributed by atoms with Gasteiger partial charge in [0.25, 0.3) is 5.91 Å². The normalized spacial score (nSPS) is 17.4. The van der Waals surface area contributed by atoms with E-state index in [9.17, 15) is 14.7 Å². The van der Waals surface area contributed by atoms with Crippen LogP contribution in [-0.4, -0.2) is 68.6 Å². The van der Waals surface area contributed by atoms with Gasteiger partial charge in [-0.2, -0.15) is 9.61 Å². The number of pyridine rings is 1. The second-order valence-corrected chi connectivity index (χ2v) is 9.31. The Balaban J connectivity index is 1.75. The minimum atomic E-state index is -0.704. The number of anilines is 3. The van der Waals surface area contributed by atoms with Crippen molar-refractivity contribution in [2.45, 2.75) is 51.4 Å². The molecule has 0 saturated heterocycles. The molecular formula is C23H29N7O5. The van der Waals surface area contributed by atoms with Crippen molar-refractivity contribution in [3.63, 3.8) is 0 Å². The summed E-state index contributed by atoms with van der Waals surface area (Å²) in [7, 11) is 3.05. The maximum Gasteiger partial charge on any atom is 0.415 e. The summed E-state index contributed by atoms with van der Waals surface area (Å²) >= 11 is 0. The Morgan fingerprint density at radius 3 is 2.69 bits per heavy atom. The first-order valence-electron chi connectivity index (χ1n) is 11.2. The number of hydrogen-bond acceptors (Lipinski definition) is 9. The number of aliphatic hydroxyl groups is 1. The van der Waals surface area contributed by atoms with Gasteiger partial charge in [0.15, 0.2) is 5.65 Å². The van der Waals surface area contributed by atoms with Crippen molar-refractivity contribution in [2.24, 2.45) is 0 Å². The molecule has 2 amide bonds. The Morgan fingerprint density at radius 2 is 2.03 bits per heavy atom. The van der Waals surface area contributed by atoms with Crippen LogP contribution in [0.3, 0.4) is 0 Å². The van der Waals surface area contributed by atoms with Crippen LogP contribution in [0.1, 0.15) is 44.0 Å². The van der Waals surface area contributed by atoms with Crippen LogP contribution in [0.4, 0.5) is 22.1 Å². The maximum atomic E-state index is 13.0. The number of ether oxygens (including phenoxy) is 2. The minimum Gasteiger partial charge on any atom is -0.480 e. The zero-order valence-corrected chi connectivity index (χ0v) is 20.3. The zero-order valence-electron chi connectivity index (χ0n) is 20.3. The molecule has 0 aromatic carbocycles. The van der Waals surface area contributed by atoms with Crippen LogP contribution in [0.2, 0.25) is 0 Å². The fourth-order valence-corrected chi connectivity index (χ4v) is 3.59. The molecule has 0 bridgehead atoms. The molecule has 1 aliphatic rings. The second-order valence-electron chi connectivity index (χ2n) is 9.31. The van der Waals surface area contributed by atoms with Crippen molar-refractivity contribution in [2.75, 3.05) is 24.4 Å². The van der Waals surface area contributed by atoms with E-state index in [-0.39, 0.29) is 23.2 Å². The van der Waals surface area contributed by atoms with Gasteiger partial charge in [-0.15, -0.1) is 0 Å². The average molecular weight is 484 g/mol. The predicted molar refractivity (Wildman–Crippen MR) is 128 cm³/mol. The van der Waals surface area contributed by atoms with E-state index >= 15 is 0 Å². The monoisotopic (exact) mass is 483 g/mol. The standard InChI is InChI=1S/C23H29N7O5/c1-23(2,3)35-22(33)29(4)18-11-17(27-16-7-6-8-24-21(16)34-5)28-19-15(12-25-30(18)19)20(32)26-13-9-14(31)10-13/h6-8,11-14,31H,9-10H2,1-5H3,(H,26,32)(H,27,28). The SMILES string of the molecule is COc1ncccc1Nc1cc(N(C)C(=O)OC(C)(C)C)n2ncc(C(=O)NC3CC(O)C3)c2n1. The Labute approximate surface area is 202 Å². The first kappa shape index (κ1) is 24.2. The van der Waals surface area contributed by atoms with Crippen molar-refractivity contribution in [3.05, 3.63) is 36.2 Å². The van der Waals surface area contributed by atoms with Gasteiger partial charge in [-0.3, -0.25) is 9.69 Å². The largest absolute Gasteiger partial charge is 0.480 e. The summed E-state index contributed by atoms with van der Waals surface area (Å²) in [6.45, 7) is 5.32. The summed E-state index contributed by atoms with van der Waals surface area (Å²) in [4.78, 5) is 35.8. The second kappa shape index (κ2) is 9.37. The average Bonchev–Trinajstić information content (AvgIpc) is 3.20. The predicted octanol–water partition coefficient (Wildman–Crippen LogP) is 2.50. The first-order chi connectivity index (χ1) is 16.6. The number of carbonyl (C=O) groups is 2. The highest BCUT2D eigenvalue weighted by Gasteiger charge is 2.30. The molecule has 0 unspecified atom stereocenters. The van der Waals surface area contributed by atoms with Gasteiger partial charge < -0.3 is 25.2 Å². The van der Waals surface area contributed by atoms with Crippen molar-refractivity contribution < 1.29 is 24.2 Å².